The summed E-state index contributed by atoms with van der Waals surface area (Å²) >= 11 is 0. The van der Waals surface area contributed by atoms with Crippen molar-refractivity contribution in [2.75, 3.05) is 6.54 Å². The zero-order valence-electron chi connectivity index (χ0n) is 7.28. The predicted octanol–water partition coefficient (Wildman–Crippen LogP) is 0.267. The molecule has 1 aromatic rings. The summed E-state index contributed by atoms with van der Waals surface area (Å²) in [4.78, 5) is 14.0. The van der Waals surface area contributed by atoms with Crippen LogP contribution in [0.5, 0.6) is 0 Å². The van der Waals surface area contributed by atoms with Crippen LogP contribution in [0.2, 0.25) is 0 Å². The summed E-state index contributed by atoms with van der Waals surface area (Å²) in [7, 11) is 0. The third-order valence-corrected chi connectivity index (χ3v) is 1.36. The smallest absolute Gasteiger partial charge is 0.377 e. The van der Waals surface area contributed by atoms with E-state index in [1.54, 1.807) is 0 Å². The summed E-state index contributed by atoms with van der Waals surface area (Å²) < 4.78 is 4.67. The van der Waals surface area contributed by atoms with Gasteiger partial charge in [-0.3, -0.25) is 0 Å². The number of rotatable bonds is 5. The second-order valence-electron chi connectivity index (χ2n) is 2.49. The predicted molar refractivity (Wildman–Crippen MR) is 43.3 cm³/mol. The fourth-order valence-electron chi connectivity index (χ4n) is 0.786. The fraction of sp³-hybridized carbons (Fsp3) is 0.571. The molecule has 0 spiro atoms. The molecule has 0 fully saturated rings. The Kier molecular flexibility index (Phi) is 3.39. The highest BCUT2D eigenvalue weighted by Gasteiger charge is 2.11. The minimum Gasteiger partial charge on any atom is -0.475 e. The Morgan fingerprint density at radius 1 is 1.69 bits per heavy atom. The van der Waals surface area contributed by atoms with Crippen molar-refractivity contribution in [1.82, 2.24) is 15.5 Å². The van der Waals surface area contributed by atoms with Gasteiger partial charge in [-0.1, -0.05) is 6.92 Å². The first-order chi connectivity index (χ1) is 6.24. The third kappa shape index (κ3) is 2.83. The second kappa shape index (κ2) is 4.56. The SMILES string of the molecule is CCCNCc1nc(C(=O)O)no1. The molecule has 6 heteroatoms. The van der Waals surface area contributed by atoms with E-state index in [1.807, 2.05) is 6.92 Å². The first-order valence-corrected chi connectivity index (χ1v) is 4.00. The van der Waals surface area contributed by atoms with Crippen LogP contribution in [0, 0.1) is 0 Å². The lowest BCUT2D eigenvalue weighted by molar-refractivity contribution is 0.0680. The summed E-state index contributed by atoms with van der Waals surface area (Å²) in [5.41, 5.74) is 0. The Hall–Kier alpha value is -1.43. The number of aromatic carboxylic acids is 1. The van der Waals surface area contributed by atoms with Gasteiger partial charge in [0.2, 0.25) is 5.89 Å². The Balaban J connectivity index is 2.44. The summed E-state index contributed by atoms with van der Waals surface area (Å²) in [6.45, 7) is 3.28. The Labute approximate surface area is 74.9 Å². The van der Waals surface area contributed by atoms with Crippen molar-refractivity contribution in [2.24, 2.45) is 0 Å². The number of aromatic nitrogens is 2. The van der Waals surface area contributed by atoms with Gasteiger partial charge in [-0.25, -0.2) is 4.79 Å². The summed E-state index contributed by atoms with van der Waals surface area (Å²) in [6.07, 6.45) is 1.000. The van der Waals surface area contributed by atoms with E-state index in [9.17, 15) is 4.79 Å². The van der Waals surface area contributed by atoms with Crippen molar-refractivity contribution in [3.63, 3.8) is 0 Å². The topological polar surface area (TPSA) is 88.2 Å². The van der Waals surface area contributed by atoms with E-state index < -0.39 is 5.97 Å². The molecule has 0 unspecified atom stereocenters. The van der Waals surface area contributed by atoms with E-state index in [-0.39, 0.29) is 5.82 Å². The van der Waals surface area contributed by atoms with Crippen molar-refractivity contribution in [2.45, 2.75) is 19.9 Å². The van der Waals surface area contributed by atoms with E-state index in [2.05, 4.69) is 20.0 Å². The van der Waals surface area contributed by atoms with Crippen molar-refractivity contribution >= 4 is 5.97 Å². The molecule has 72 valence electrons. The highest BCUT2D eigenvalue weighted by Crippen LogP contribution is 1.96. The quantitative estimate of drug-likeness (QED) is 0.640. The average molecular weight is 185 g/mol. The van der Waals surface area contributed by atoms with E-state index in [4.69, 9.17) is 5.11 Å². The molecule has 0 atom stereocenters. The molecule has 0 amide bonds. The van der Waals surface area contributed by atoms with Crippen LogP contribution in [-0.4, -0.2) is 27.8 Å². The number of hydrogen-bond acceptors (Lipinski definition) is 5. The molecular weight excluding hydrogens is 174 g/mol. The number of carbonyl (C=O) groups is 1. The molecule has 2 N–H and O–H groups in total. The van der Waals surface area contributed by atoms with Crippen molar-refractivity contribution in [3.05, 3.63) is 11.7 Å². The van der Waals surface area contributed by atoms with Gasteiger partial charge in [-0.05, 0) is 18.1 Å². The average Bonchev–Trinajstić information content (AvgIpc) is 2.53. The number of carboxylic acid groups (broad SMARTS) is 1. The Bertz CT molecular complexity index is 284. The monoisotopic (exact) mass is 185 g/mol. The van der Waals surface area contributed by atoms with Crippen LogP contribution < -0.4 is 5.32 Å². The van der Waals surface area contributed by atoms with Crippen LogP contribution in [0.25, 0.3) is 0 Å². The van der Waals surface area contributed by atoms with Gasteiger partial charge in [0.05, 0.1) is 6.54 Å². The van der Waals surface area contributed by atoms with Gasteiger partial charge in [0, 0.05) is 0 Å². The van der Waals surface area contributed by atoms with E-state index in [1.165, 1.54) is 0 Å². The minimum absolute atomic E-state index is 0.297. The molecule has 1 rings (SSSR count). The van der Waals surface area contributed by atoms with Crippen molar-refractivity contribution in [1.29, 1.82) is 0 Å². The molecule has 13 heavy (non-hydrogen) atoms. The number of carboxylic acids is 1. The van der Waals surface area contributed by atoms with Crippen molar-refractivity contribution in [3.8, 4) is 0 Å². The normalized spacial score (nSPS) is 10.2. The maximum atomic E-state index is 10.3. The number of nitrogens with zero attached hydrogens (tertiary/aromatic N) is 2. The first-order valence-electron chi connectivity index (χ1n) is 4.00. The van der Waals surface area contributed by atoms with Gasteiger partial charge in [-0.15, -0.1) is 0 Å². The summed E-state index contributed by atoms with van der Waals surface area (Å²) in [5, 5.41) is 14.7. The highest BCUT2D eigenvalue weighted by atomic mass is 16.5. The van der Waals surface area contributed by atoms with Gasteiger partial charge in [0.15, 0.2) is 0 Å². The summed E-state index contributed by atoms with van der Waals surface area (Å²) in [6, 6.07) is 0. The summed E-state index contributed by atoms with van der Waals surface area (Å²) in [5.74, 6) is -1.18. The van der Waals surface area contributed by atoms with Crippen LogP contribution >= 0.6 is 0 Å². The van der Waals surface area contributed by atoms with Crippen LogP contribution in [0.3, 0.4) is 0 Å². The van der Waals surface area contributed by atoms with Gasteiger partial charge < -0.3 is 14.9 Å². The molecule has 0 radical (unpaired) electrons. The highest BCUT2D eigenvalue weighted by molar-refractivity contribution is 5.82. The van der Waals surface area contributed by atoms with Gasteiger partial charge in [0.1, 0.15) is 0 Å². The molecule has 0 aliphatic carbocycles. The molecule has 1 aromatic heterocycles. The van der Waals surface area contributed by atoms with Gasteiger partial charge in [0.25, 0.3) is 5.82 Å². The molecular formula is C7H11N3O3. The van der Waals surface area contributed by atoms with Crippen LogP contribution in [0.4, 0.5) is 0 Å². The lowest BCUT2D eigenvalue weighted by atomic mass is 10.5. The minimum atomic E-state index is -1.18. The van der Waals surface area contributed by atoms with Crippen LogP contribution in [0.15, 0.2) is 4.52 Å². The van der Waals surface area contributed by atoms with Gasteiger partial charge in [-0.2, -0.15) is 4.98 Å². The van der Waals surface area contributed by atoms with E-state index in [0.29, 0.717) is 12.4 Å². The van der Waals surface area contributed by atoms with E-state index in [0.717, 1.165) is 13.0 Å². The molecule has 0 aliphatic rings. The third-order valence-electron chi connectivity index (χ3n) is 1.36. The van der Waals surface area contributed by atoms with E-state index >= 15 is 0 Å². The Morgan fingerprint density at radius 3 is 3.00 bits per heavy atom. The molecule has 0 saturated carbocycles. The van der Waals surface area contributed by atoms with Crippen molar-refractivity contribution < 1.29 is 14.4 Å². The maximum absolute atomic E-state index is 10.3. The van der Waals surface area contributed by atoms with Crippen LogP contribution in [-0.2, 0) is 6.54 Å². The Morgan fingerprint density at radius 2 is 2.46 bits per heavy atom. The zero-order chi connectivity index (χ0) is 9.68. The molecule has 1 heterocycles. The molecule has 6 nitrogen and oxygen atoms in total. The molecule has 0 bridgehead atoms. The standard InChI is InChI=1S/C7H11N3O3/c1-2-3-8-4-5-9-6(7(11)12)10-13-5/h8H,2-4H2,1H3,(H,11,12). The second-order valence-corrected chi connectivity index (χ2v) is 2.49. The largest absolute Gasteiger partial charge is 0.475 e. The lowest BCUT2D eigenvalue weighted by Gasteiger charge is -1.95. The fourth-order valence-corrected chi connectivity index (χ4v) is 0.786. The molecule has 0 aromatic carbocycles. The first kappa shape index (κ1) is 9.66. The molecule has 0 aliphatic heterocycles. The maximum Gasteiger partial charge on any atom is 0.377 e. The lowest BCUT2D eigenvalue weighted by Crippen LogP contribution is -2.14. The van der Waals surface area contributed by atoms with Gasteiger partial charge >= 0.3 is 5.97 Å². The number of hydrogen-bond donors (Lipinski definition) is 2. The number of nitrogens with one attached hydrogen (secondary N) is 1. The molecule has 0 saturated heterocycles. The van der Waals surface area contributed by atoms with Crippen LogP contribution in [0.1, 0.15) is 29.9 Å². The zero-order valence-corrected chi connectivity index (χ0v) is 7.28.